The van der Waals surface area contributed by atoms with Crippen LogP contribution in [0, 0.1) is 11.8 Å². The average molecular weight is 805 g/mol. The summed E-state index contributed by atoms with van der Waals surface area (Å²) in [4.78, 5) is 55.2. The van der Waals surface area contributed by atoms with E-state index in [4.69, 9.17) is 0 Å². The summed E-state index contributed by atoms with van der Waals surface area (Å²) in [6.07, 6.45) is 15.3. The van der Waals surface area contributed by atoms with Crippen LogP contribution < -0.4 is 31.1 Å². The van der Waals surface area contributed by atoms with E-state index in [9.17, 15) is 29.4 Å². The van der Waals surface area contributed by atoms with Crippen LogP contribution in [-0.2, 0) is 32.0 Å². The second-order valence-corrected chi connectivity index (χ2v) is 17.3. The van der Waals surface area contributed by atoms with Crippen LogP contribution in [0.5, 0.6) is 0 Å². The molecule has 2 aromatic rings. The maximum Gasteiger partial charge on any atom is 0.243 e. The molecule has 12 heteroatoms. The van der Waals surface area contributed by atoms with Gasteiger partial charge in [-0.3, -0.25) is 19.2 Å². The SMILES string of the molecule is CC(C)[C@H]1C(=O)N[C@H](CO)Cc2cc(NC(=O)CCCCCCCCCCCCCCC(=O)Nc3ccc4c(c3)C[C@@H](CO)NC(=O)[C@H](C(C)C)N4C)ccc2N1C. The molecule has 6 N–H and O–H groups in total. The van der Waals surface area contributed by atoms with Gasteiger partial charge in [-0.2, -0.15) is 0 Å². The number of amides is 4. The zero-order valence-electron chi connectivity index (χ0n) is 36.1. The van der Waals surface area contributed by atoms with E-state index in [-0.39, 0.29) is 72.8 Å². The van der Waals surface area contributed by atoms with Gasteiger partial charge in [-0.15, -0.1) is 0 Å². The Hall–Kier alpha value is -4.16. The lowest BCUT2D eigenvalue weighted by atomic mass is 9.95. The summed E-state index contributed by atoms with van der Waals surface area (Å²) >= 11 is 0. The van der Waals surface area contributed by atoms with Crippen LogP contribution in [0.25, 0.3) is 0 Å². The minimum Gasteiger partial charge on any atom is -0.394 e. The van der Waals surface area contributed by atoms with Gasteiger partial charge < -0.3 is 41.3 Å². The normalized spacial score (nSPS) is 19.7. The van der Waals surface area contributed by atoms with E-state index in [1.165, 1.54) is 38.5 Å². The fourth-order valence-electron chi connectivity index (χ4n) is 8.71. The van der Waals surface area contributed by atoms with Crippen molar-refractivity contribution in [1.29, 1.82) is 0 Å². The van der Waals surface area contributed by atoms with Gasteiger partial charge in [0.15, 0.2) is 0 Å². The van der Waals surface area contributed by atoms with Gasteiger partial charge in [0.2, 0.25) is 23.6 Å². The van der Waals surface area contributed by atoms with Crippen LogP contribution in [0.1, 0.15) is 129 Å². The molecular weight excluding hydrogens is 733 g/mol. The number of fused-ring (bicyclic) bond motifs is 2. The molecule has 58 heavy (non-hydrogen) atoms. The van der Waals surface area contributed by atoms with Gasteiger partial charge in [0.1, 0.15) is 12.1 Å². The molecule has 0 aliphatic carbocycles. The molecule has 0 bridgehead atoms. The lowest BCUT2D eigenvalue weighted by Gasteiger charge is -2.37. The Morgan fingerprint density at radius 1 is 0.603 bits per heavy atom. The summed E-state index contributed by atoms with van der Waals surface area (Å²) in [5.41, 5.74) is 5.36. The zero-order chi connectivity index (χ0) is 42.2. The number of nitrogens with one attached hydrogen (secondary N) is 4. The molecule has 0 aromatic heterocycles. The second kappa shape index (κ2) is 23.4. The number of aliphatic hydroxyl groups excluding tert-OH is 2. The zero-order valence-corrected chi connectivity index (χ0v) is 36.1. The number of nitrogens with zero attached hydrogens (tertiary/aromatic N) is 2. The van der Waals surface area contributed by atoms with Crippen LogP contribution in [0.4, 0.5) is 22.7 Å². The quantitative estimate of drug-likeness (QED) is 0.0759. The van der Waals surface area contributed by atoms with Crippen molar-refractivity contribution in [2.75, 3.05) is 47.7 Å². The number of carbonyl (C=O) groups excluding carboxylic acids is 4. The molecule has 0 unspecified atom stereocenters. The smallest absolute Gasteiger partial charge is 0.243 e. The average Bonchev–Trinajstić information content (AvgIpc) is 3.16. The molecule has 4 amide bonds. The number of hydrogen-bond donors (Lipinski definition) is 6. The van der Waals surface area contributed by atoms with Gasteiger partial charge in [-0.05, 0) is 85.0 Å². The number of aliphatic hydroxyl groups is 2. The molecular formula is C46H72N6O6. The number of carbonyl (C=O) groups is 4. The summed E-state index contributed by atoms with van der Waals surface area (Å²) in [5, 5.41) is 31.9. The van der Waals surface area contributed by atoms with Gasteiger partial charge in [-0.1, -0.05) is 91.9 Å². The Bertz CT molecular complexity index is 1530. The first kappa shape index (κ1) is 46.5. The van der Waals surface area contributed by atoms with Crippen molar-refractivity contribution >= 4 is 46.4 Å². The van der Waals surface area contributed by atoms with Crippen molar-refractivity contribution in [2.45, 2.75) is 155 Å². The Kier molecular flexibility index (Phi) is 18.8. The molecule has 0 fully saturated rings. The largest absolute Gasteiger partial charge is 0.394 e. The van der Waals surface area contributed by atoms with Gasteiger partial charge in [0.25, 0.3) is 0 Å². The summed E-state index contributed by atoms with van der Waals surface area (Å²) in [7, 11) is 3.85. The van der Waals surface area contributed by atoms with Gasteiger partial charge in [0, 0.05) is 49.7 Å². The lowest BCUT2D eigenvalue weighted by Crippen LogP contribution is -2.54. The number of rotatable bonds is 21. The molecule has 0 radical (unpaired) electrons. The highest BCUT2D eigenvalue weighted by molar-refractivity contribution is 5.93. The Labute approximate surface area is 347 Å². The third kappa shape index (κ3) is 13.7. The molecule has 2 heterocycles. The van der Waals surface area contributed by atoms with E-state index in [0.29, 0.717) is 25.7 Å². The maximum atomic E-state index is 12.9. The standard InChI is InChI=1S/C46H72N6O6/c1-31(2)43-45(57)49-37(29-53)27-33-25-35(21-23-39(33)51(43)5)47-41(55)19-17-15-13-11-9-7-8-10-12-14-16-18-20-42(56)48-36-22-24-40-34(26-36)28-38(30-54)50-46(58)44(32(3)4)52(40)6/h21-26,31-32,37-38,43-44,53-54H,7-20,27-30H2,1-6H3,(H,47,55)(H,48,56)(H,49,57)(H,50,58)/t37-,38-,43-,44-/m0/s1. The van der Waals surface area contributed by atoms with Crippen molar-refractivity contribution in [3.63, 3.8) is 0 Å². The number of unbranched alkanes of at least 4 members (excludes halogenated alkanes) is 11. The number of hydrogen-bond acceptors (Lipinski definition) is 8. The summed E-state index contributed by atoms with van der Waals surface area (Å²) in [6.45, 7) is 7.78. The van der Waals surface area contributed by atoms with E-state index in [0.717, 1.165) is 72.4 Å². The van der Waals surface area contributed by atoms with Crippen molar-refractivity contribution in [3.05, 3.63) is 47.5 Å². The number of benzene rings is 2. The molecule has 0 spiro atoms. The molecule has 322 valence electrons. The molecule has 12 nitrogen and oxygen atoms in total. The molecule has 2 aliphatic rings. The van der Waals surface area contributed by atoms with E-state index in [2.05, 4.69) is 21.3 Å². The third-order valence-corrected chi connectivity index (χ3v) is 11.7. The van der Waals surface area contributed by atoms with Crippen LogP contribution in [-0.4, -0.2) is 85.3 Å². The van der Waals surface area contributed by atoms with Gasteiger partial charge in [0.05, 0.1) is 25.3 Å². The van der Waals surface area contributed by atoms with Crippen LogP contribution >= 0.6 is 0 Å². The van der Waals surface area contributed by atoms with Gasteiger partial charge >= 0.3 is 0 Å². The Balaban J connectivity index is 1.03. The second-order valence-electron chi connectivity index (χ2n) is 17.3. The van der Waals surface area contributed by atoms with E-state index >= 15 is 0 Å². The van der Waals surface area contributed by atoms with E-state index in [1.807, 2.05) is 88.0 Å². The fourth-order valence-corrected chi connectivity index (χ4v) is 8.71. The minimum atomic E-state index is -0.368. The summed E-state index contributed by atoms with van der Waals surface area (Å²) in [5.74, 6) is 0.0466. The highest BCUT2D eigenvalue weighted by atomic mass is 16.3. The molecule has 4 rings (SSSR count). The number of anilines is 4. The molecule has 2 aliphatic heterocycles. The molecule has 0 saturated carbocycles. The highest BCUT2D eigenvalue weighted by Crippen LogP contribution is 2.32. The Morgan fingerprint density at radius 3 is 1.24 bits per heavy atom. The Morgan fingerprint density at radius 2 is 0.931 bits per heavy atom. The highest BCUT2D eigenvalue weighted by Gasteiger charge is 2.33. The summed E-state index contributed by atoms with van der Waals surface area (Å²) < 4.78 is 0. The first-order valence-corrected chi connectivity index (χ1v) is 22.0. The first-order valence-electron chi connectivity index (χ1n) is 22.0. The fraction of sp³-hybridized carbons (Fsp3) is 0.652. The van der Waals surface area contributed by atoms with Crippen LogP contribution in [0.15, 0.2) is 36.4 Å². The number of likely N-dealkylation sites (N-methyl/N-ethyl adjacent to an activating group) is 2. The van der Waals surface area contributed by atoms with E-state index in [1.54, 1.807) is 0 Å². The van der Waals surface area contributed by atoms with Crippen molar-refractivity contribution in [3.8, 4) is 0 Å². The maximum absolute atomic E-state index is 12.9. The topological polar surface area (TPSA) is 163 Å². The minimum absolute atomic E-state index is 0.0101. The van der Waals surface area contributed by atoms with Gasteiger partial charge in [-0.25, -0.2) is 0 Å². The van der Waals surface area contributed by atoms with Crippen LogP contribution in [0.2, 0.25) is 0 Å². The first-order chi connectivity index (χ1) is 27.8. The van der Waals surface area contributed by atoms with Crippen molar-refractivity contribution in [2.24, 2.45) is 11.8 Å². The molecule has 2 aromatic carbocycles. The van der Waals surface area contributed by atoms with E-state index < -0.39 is 0 Å². The van der Waals surface area contributed by atoms with Crippen LogP contribution in [0.3, 0.4) is 0 Å². The lowest BCUT2D eigenvalue weighted by molar-refractivity contribution is -0.125. The molecule has 0 saturated heterocycles. The predicted octanol–water partition coefficient (Wildman–Crippen LogP) is 6.71. The van der Waals surface area contributed by atoms with Crippen molar-refractivity contribution in [1.82, 2.24) is 10.6 Å². The summed E-state index contributed by atoms with van der Waals surface area (Å²) in [6, 6.07) is 10.3. The van der Waals surface area contributed by atoms with Crippen molar-refractivity contribution < 1.29 is 29.4 Å². The predicted molar refractivity (Wildman–Crippen MR) is 234 cm³/mol. The molecule has 4 atom stereocenters. The monoisotopic (exact) mass is 805 g/mol. The third-order valence-electron chi connectivity index (χ3n) is 11.7.